The third-order valence-electron chi connectivity index (χ3n) is 3.77. The van der Waals surface area contributed by atoms with Gasteiger partial charge in [-0.1, -0.05) is 48.0 Å². The second-order valence-electron chi connectivity index (χ2n) is 5.38. The van der Waals surface area contributed by atoms with Crippen molar-refractivity contribution in [3.05, 3.63) is 70.3 Å². The third kappa shape index (κ3) is 2.62. The zero-order valence-electron chi connectivity index (χ0n) is 12.1. The first-order valence-electron chi connectivity index (χ1n) is 7.07. The van der Waals surface area contributed by atoms with E-state index in [2.05, 4.69) is 49.4 Å². The average molecular weight is 268 g/mol. The first-order chi connectivity index (χ1) is 9.78. The van der Waals surface area contributed by atoms with Crippen LogP contribution in [0.5, 0.6) is 0 Å². The number of aryl methyl sites for hydroxylation is 1. The lowest BCUT2D eigenvalue weighted by atomic mass is 9.91. The van der Waals surface area contributed by atoms with Crippen LogP contribution >= 0.6 is 0 Å². The van der Waals surface area contributed by atoms with E-state index in [0.717, 1.165) is 13.0 Å². The minimum atomic E-state index is 0.0513. The molecule has 1 heterocycles. The molecular weight excluding hydrogens is 248 g/mol. The highest BCUT2D eigenvalue weighted by atomic mass is 16.5. The van der Waals surface area contributed by atoms with Gasteiger partial charge in [0.15, 0.2) is 0 Å². The van der Waals surface area contributed by atoms with Crippen LogP contribution in [-0.2, 0) is 22.5 Å². The Hall–Kier alpha value is -1.64. The molecule has 0 radical (unpaired) electrons. The Balaban J connectivity index is 2.01. The zero-order valence-corrected chi connectivity index (χ0v) is 12.1. The van der Waals surface area contributed by atoms with Crippen molar-refractivity contribution in [1.29, 1.82) is 0 Å². The number of ether oxygens (including phenoxy) is 2. The van der Waals surface area contributed by atoms with E-state index in [1.54, 1.807) is 7.11 Å². The molecule has 2 nitrogen and oxygen atoms in total. The van der Waals surface area contributed by atoms with Gasteiger partial charge in [0.2, 0.25) is 0 Å². The molecule has 0 amide bonds. The van der Waals surface area contributed by atoms with Gasteiger partial charge in [0.1, 0.15) is 6.10 Å². The van der Waals surface area contributed by atoms with Crippen molar-refractivity contribution in [2.24, 2.45) is 0 Å². The lowest BCUT2D eigenvalue weighted by Crippen LogP contribution is -2.17. The van der Waals surface area contributed by atoms with Crippen LogP contribution < -0.4 is 0 Å². The predicted octanol–water partition coefficient (Wildman–Crippen LogP) is 3.80. The molecule has 0 bridgehead atoms. The minimum Gasteiger partial charge on any atom is -0.380 e. The molecule has 0 aromatic heterocycles. The Labute approximate surface area is 120 Å². The second kappa shape index (κ2) is 5.78. The maximum Gasteiger partial charge on any atom is 0.108 e. The summed E-state index contributed by atoms with van der Waals surface area (Å²) in [5, 5.41) is 0. The van der Waals surface area contributed by atoms with Gasteiger partial charge < -0.3 is 9.47 Å². The van der Waals surface area contributed by atoms with Crippen molar-refractivity contribution in [2.45, 2.75) is 26.1 Å². The molecule has 0 fully saturated rings. The fourth-order valence-electron chi connectivity index (χ4n) is 2.97. The topological polar surface area (TPSA) is 18.5 Å². The van der Waals surface area contributed by atoms with Crippen LogP contribution in [0.25, 0.3) is 0 Å². The highest BCUT2D eigenvalue weighted by molar-refractivity contribution is 5.40. The summed E-state index contributed by atoms with van der Waals surface area (Å²) in [7, 11) is 1.73. The van der Waals surface area contributed by atoms with E-state index >= 15 is 0 Å². The van der Waals surface area contributed by atoms with Gasteiger partial charge in [-0.2, -0.15) is 0 Å². The van der Waals surface area contributed by atoms with Crippen molar-refractivity contribution in [3.63, 3.8) is 0 Å². The van der Waals surface area contributed by atoms with Gasteiger partial charge in [0, 0.05) is 7.11 Å². The van der Waals surface area contributed by atoms with Gasteiger partial charge in [-0.25, -0.2) is 0 Å². The average Bonchev–Trinajstić information content (AvgIpc) is 2.46. The fraction of sp³-hybridized carbons (Fsp3) is 0.333. The van der Waals surface area contributed by atoms with Crippen molar-refractivity contribution < 1.29 is 9.47 Å². The molecule has 1 aliphatic rings. The quantitative estimate of drug-likeness (QED) is 0.843. The van der Waals surface area contributed by atoms with Crippen LogP contribution in [0.15, 0.2) is 42.5 Å². The molecule has 20 heavy (non-hydrogen) atoms. The monoisotopic (exact) mass is 268 g/mol. The van der Waals surface area contributed by atoms with Gasteiger partial charge in [0.25, 0.3) is 0 Å². The van der Waals surface area contributed by atoms with Crippen LogP contribution in [0.1, 0.15) is 33.9 Å². The Morgan fingerprint density at radius 3 is 2.90 bits per heavy atom. The van der Waals surface area contributed by atoms with Gasteiger partial charge in [-0.05, 0) is 35.6 Å². The van der Waals surface area contributed by atoms with Gasteiger partial charge >= 0.3 is 0 Å². The molecule has 0 spiro atoms. The summed E-state index contributed by atoms with van der Waals surface area (Å²) in [5.41, 5.74) is 6.38. The highest BCUT2D eigenvalue weighted by Gasteiger charge is 2.22. The smallest absolute Gasteiger partial charge is 0.108 e. The minimum absolute atomic E-state index is 0.0513. The van der Waals surface area contributed by atoms with E-state index in [4.69, 9.17) is 9.47 Å². The molecule has 0 aliphatic carbocycles. The van der Waals surface area contributed by atoms with E-state index in [0.29, 0.717) is 6.61 Å². The lowest BCUT2D eigenvalue weighted by Gasteiger charge is -2.27. The summed E-state index contributed by atoms with van der Waals surface area (Å²) in [4.78, 5) is 0. The maximum absolute atomic E-state index is 6.04. The number of hydrogen-bond acceptors (Lipinski definition) is 2. The number of methoxy groups -OCH3 is 1. The molecule has 0 saturated carbocycles. The van der Waals surface area contributed by atoms with E-state index < -0.39 is 0 Å². The van der Waals surface area contributed by atoms with Crippen LogP contribution in [-0.4, -0.2) is 13.7 Å². The zero-order chi connectivity index (χ0) is 13.9. The molecule has 1 aliphatic heterocycles. The Bertz CT molecular complexity index is 604. The summed E-state index contributed by atoms with van der Waals surface area (Å²) in [6.45, 7) is 3.55. The molecule has 1 atom stereocenters. The van der Waals surface area contributed by atoms with Gasteiger partial charge in [0.05, 0.1) is 13.2 Å². The predicted molar refractivity (Wildman–Crippen MR) is 79.8 cm³/mol. The van der Waals surface area contributed by atoms with Crippen LogP contribution in [0.3, 0.4) is 0 Å². The van der Waals surface area contributed by atoms with Crippen molar-refractivity contribution in [1.82, 2.24) is 0 Å². The molecule has 0 N–H and O–H groups in total. The molecule has 1 unspecified atom stereocenters. The Morgan fingerprint density at radius 2 is 2.05 bits per heavy atom. The van der Waals surface area contributed by atoms with Gasteiger partial charge in [-0.3, -0.25) is 0 Å². The number of hydrogen-bond donors (Lipinski definition) is 0. The molecule has 104 valence electrons. The maximum atomic E-state index is 6.04. The molecule has 0 saturated heterocycles. The van der Waals surface area contributed by atoms with E-state index in [9.17, 15) is 0 Å². The molecule has 3 rings (SSSR count). The first-order valence-corrected chi connectivity index (χ1v) is 7.07. The standard InChI is InChI=1S/C18H20O2/c1-13-9-14(12-19-2)11-16(10-13)18-17-6-4-3-5-15(17)7-8-20-18/h3-6,9-11,18H,7-8,12H2,1-2H3. The van der Waals surface area contributed by atoms with E-state index in [-0.39, 0.29) is 6.10 Å². The SMILES string of the molecule is COCc1cc(C)cc(C2OCCc3ccccc32)c1. The van der Waals surface area contributed by atoms with Crippen molar-refractivity contribution >= 4 is 0 Å². The normalized spacial score (nSPS) is 17.8. The number of fused-ring (bicyclic) bond motifs is 1. The van der Waals surface area contributed by atoms with Crippen LogP contribution in [0, 0.1) is 6.92 Å². The lowest BCUT2D eigenvalue weighted by molar-refractivity contribution is 0.0696. The summed E-state index contributed by atoms with van der Waals surface area (Å²) in [5.74, 6) is 0. The summed E-state index contributed by atoms with van der Waals surface area (Å²) in [6, 6.07) is 15.2. The Morgan fingerprint density at radius 1 is 1.20 bits per heavy atom. The van der Waals surface area contributed by atoms with Crippen LogP contribution in [0.4, 0.5) is 0 Å². The summed E-state index contributed by atoms with van der Waals surface area (Å²) >= 11 is 0. The number of benzene rings is 2. The molecule has 2 aromatic carbocycles. The second-order valence-corrected chi connectivity index (χ2v) is 5.38. The highest BCUT2D eigenvalue weighted by Crippen LogP contribution is 2.33. The van der Waals surface area contributed by atoms with Crippen LogP contribution in [0.2, 0.25) is 0 Å². The fourth-order valence-corrected chi connectivity index (χ4v) is 2.97. The molecule has 2 heteroatoms. The summed E-state index contributed by atoms with van der Waals surface area (Å²) in [6.07, 6.45) is 1.05. The molecule has 2 aromatic rings. The Kier molecular flexibility index (Phi) is 3.86. The van der Waals surface area contributed by atoms with E-state index in [1.165, 1.54) is 27.8 Å². The molecular formula is C18H20O2. The van der Waals surface area contributed by atoms with E-state index in [1.807, 2.05) is 0 Å². The number of rotatable bonds is 3. The first kappa shape index (κ1) is 13.3. The third-order valence-corrected chi connectivity index (χ3v) is 3.77. The largest absolute Gasteiger partial charge is 0.380 e. The summed E-state index contributed by atoms with van der Waals surface area (Å²) < 4.78 is 11.3. The van der Waals surface area contributed by atoms with Crippen molar-refractivity contribution in [2.75, 3.05) is 13.7 Å². The van der Waals surface area contributed by atoms with Crippen molar-refractivity contribution in [3.8, 4) is 0 Å². The van der Waals surface area contributed by atoms with Gasteiger partial charge in [-0.15, -0.1) is 0 Å².